The van der Waals surface area contributed by atoms with Crippen LogP contribution in [-0.4, -0.2) is 28.6 Å². The molecule has 1 aliphatic rings. The molecule has 4 heteroatoms. The van der Waals surface area contributed by atoms with Gasteiger partial charge in [0.1, 0.15) is 11.7 Å². The van der Waals surface area contributed by atoms with E-state index < -0.39 is 5.60 Å². The average molecular weight is 240 g/mol. The van der Waals surface area contributed by atoms with Crippen molar-refractivity contribution in [2.75, 3.05) is 0 Å². The number of carbonyl (C=O) groups is 2. The van der Waals surface area contributed by atoms with Crippen molar-refractivity contribution in [2.24, 2.45) is 0 Å². The molecule has 96 valence electrons. The first-order valence-electron chi connectivity index (χ1n) is 6.04. The van der Waals surface area contributed by atoms with Crippen LogP contribution < -0.4 is 0 Å². The number of unbranched alkanes of at least 4 members (excludes halogenated alkanes) is 2. The van der Waals surface area contributed by atoms with Crippen molar-refractivity contribution in [3.8, 4) is 0 Å². The van der Waals surface area contributed by atoms with Crippen molar-refractivity contribution in [3.63, 3.8) is 0 Å². The average Bonchev–Trinajstić information content (AvgIpc) is 2.63. The van der Waals surface area contributed by atoms with Crippen molar-refractivity contribution in [3.05, 3.63) is 12.2 Å². The summed E-state index contributed by atoms with van der Waals surface area (Å²) < 4.78 is 4.99. The summed E-state index contributed by atoms with van der Waals surface area (Å²) in [6.07, 6.45) is 7.08. The predicted octanol–water partition coefficient (Wildman–Crippen LogP) is 1.76. The molecule has 0 bridgehead atoms. The Morgan fingerprint density at radius 1 is 1.47 bits per heavy atom. The normalized spacial score (nSPS) is 22.3. The quantitative estimate of drug-likeness (QED) is 0.544. The van der Waals surface area contributed by atoms with Gasteiger partial charge in [0.05, 0.1) is 0 Å². The highest BCUT2D eigenvalue weighted by Gasteiger charge is 2.25. The molecule has 1 heterocycles. The Balaban J connectivity index is 2.07. The van der Waals surface area contributed by atoms with E-state index in [9.17, 15) is 14.7 Å². The highest BCUT2D eigenvalue weighted by Crippen LogP contribution is 2.18. The van der Waals surface area contributed by atoms with E-state index in [1.54, 1.807) is 13.0 Å². The van der Waals surface area contributed by atoms with E-state index >= 15 is 0 Å². The first-order valence-corrected chi connectivity index (χ1v) is 6.04. The van der Waals surface area contributed by atoms with Crippen LogP contribution in [0.4, 0.5) is 0 Å². The minimum absolute atomic E-state index is 0.0872. The van der Waals surface area contributed by atoms with Crippen LogP contribution in [0.2, 0.25) is 0 Å². The van der Waals surface area contributed by atoms with E-state index in [0.717, 1.165) is 25.7 Å². The summed E-state index contributed by atoms with van der Waals surface area (Å²) in [6.45, 7) is 2.96. The summed E-state index contributed by atoms with van der Waals surface area (Å²) in [6, 6.07) is 0. The maximum absolute atomic E-state index is 11.1. The van der Waals surface area contributed by atoms with Gasteiger partial charge in [-0.25, -0.2) is 4.79 Å². The molecule has 0 spiro atoms. The van der Waals surface area contributed by atoms with Crippen molar-refractivity contribution in [1.29, 1.82) is 0 Å². The highest BCUT2D eigenvalue weighted by molar-refractivity contribution is 5.84. The molecule has 0 aromatic carbocycles. The second kappa shape index (κ2) is 5.96. The first kappa shape index (κ1) is 13.9. The minimum atomic E-state index is -1.19. The lowest BCUT2D eigenvalue weighted by Crippen LogP contribution is -2.32. The number of rotatable bonds is 7. The number of ether oxygens (including phenoxy) is 1. The fourth-order valence-electron chi connectivity index (χ4n) is 1.74. The van der Waals surface area contributed by atoms with Gasteiger partial charge in [-0.1, -0.05) is 12.8 Å². The number of cyclic esters (lactones) is 1. The van der Waals surface area contributed by atoms with Crippen LogP contribution >= 0.6 is 0 Å². The molecule has 0 saturated heterocycles. The molecule has 0 aromatic heterocycles. The molecule has 0 amide bonds. The second-order valence-corrected chi connectivity index (χ2v) is 4.76. The number of ketones is 1. The van der Waals surface area contributed by atoms with Gasteiger partial charge in [-0.2, -0.15) is 0 Å². The molecular weight excluding hydrogens is 220 g/mol. The molecule has 0 unspecified atom stereocenters. The van der Waals surface area contributed by atoms with Gasteiger partial charge in [0.25, 0.3) is 0 Å². The molecule has 0 saturated carbocycles. The van der Waals surface area contributed by atoms with Gasteiger partial charge in [0.2, 0.25) is 0 Å². The molecule has 1 N–H and O–H groups in total. The van der Waals surface area contributed by atoms with Gasteiger partial charge < -0.3 is 9.84 Å². The Bertz CT molecular complexity index is 317. The molecule has 2 atom stereocenters. The minimum Gasteiger partial charge on any atom is -0.455 e. The van der Waals surface area contributed by atoms with E-state index in [1.807, 2.05) is 0 Å². The topological polar surface area (TPSA) is 63.6 Å². The molecule has 1 rings (SSSR count). The molecule has 0 aromatic rings. The maximum Gasteiger partial charge on any atom is 0.331 e. The van der Waals surface area contributed by atoms with E-state index in [1.165, 1.54) is 13.0 Å². The first-order chi connectivity index (χ1) is 7.92. The molecule has 1 aliphatic heterocycles. The smallest absolute Gasteiger partial charge is 0.331 e. The van der Waals surface area contributed by atoms with Crippen molar-refractivity contribution in [2.45, 2.75) is 57.7 Å². The third-order valence-electron chi connectivity index (χ3n) is 3.13. The van der Waals surface area contributed by atoms with E-state index in [2.05, 4.69) is 0 Å². The van der Waals surface area contributed by atoms with Crippen LogP contribution in [0.1, 0.15) is 46.0 Å². The highest BCUT2D eigenvalue weighted by atomic mass is 16.5. The Morgan fingerprint density at radius 2 is 2.18 bits per heavy atom. The summed E-state index contributed by atoms with van der Waals surface area (Å²) in [4.78, 5) is 21.8. The van der Waals surface area contributed by atoms with Gasteiger partial charge in [-0.3, -0.25) is 4.79 Å². The molecule has 0 radical (unpaired) electrons. The van der Waals surface area contributed by atoms with Crippen LogP contribution in [0.5, 0.6) is 0 Å². The molecule has 0 fully saturated rings. The lowest BCUT2D eigenvalue weighted by Gasteiger charge is -2.19. The lowest BCUT2D eigenvalue weighted by molar-refractivity contribution is -0.139. The largest absolute Gasteiger partial charge is 0.455 e. The Labute approximate surface area is 102 Å². The van der Waals surface area contributed by atoms with Crippen LogP contribution in [0.25, 0.3) is 0 Å². The van der Waals surface area contributed by atoms with Crippen LogP contribution in [0, 0.1) is 0 Å². The van der Waals surface area contributed by atoms with Crippen molar-refractivity contribution < 1.29 is 19.4 Å². The zero-order valence-electron chi connectivity index (χ0n) is 10.4. The lowest BCUT2D eigenvalue weighted by atomic mass is 9.94. The van der Waals surface area contributed by atoms with Gasteiger partial charge >= 0.3 is 5.97 Å². The number of aliphatic hydroxyl groups is 1. The van der Waals surface area contributed by atoms with Gasteiger partial charge in [0.15, 0.2) is 5.78 Å². The summed E-state index contributed by atoms with van der Waals surface area (Å²) in [7, 11) is 0. The SMILES string of the molecule is CC(=O)[C@@](C)(O)CCCCC[C@H]1C=CC(=O)O1. The number of carbonyl (C=O) groups excluding carboxylic acids is 2. The molecular formula is C13H20O4. The maximum atomic E-state index is 11.1. The summed E-state index contributed by atoms with van der Waals surface area (Å²) in [5.74, 6) is -0.459. The monoisotopic (exact) mass is 240 g/mol. The van der Waals surface area contributed by atoms with Crippen LogP contribution in [0.15, 0.2) is 12.2 Å². The standard InChI is InChI=1S/C13H20O4/c1-10(14)13(2,16)9-5-3-4-6-11-7-8-12(15)17-11/h7-8,11,16H,3-6,9H2,1-2H3/t11-,13-/m0/s1. The summed E-state index contributed by atoms with van der Waals surface area (Å²) in [5, 5.41) is 9.71. The predicted molar refractivity (Wildman–Crippen MR) is 63.4 cm³/mol. The Morgan fingerprint density at radius 3 is 2.71 bits per heavy atom. The zero-order valence-corrected chi connectivity index (χ0v) is 10.4. The molecule has 17 heavy (non-hydrogen) atoms. The third kappa shape index (κ3) is 4.69. The summed E-state index contributed by atoms with van der Waals surface area (Å²) in [5.41, 5.74) is -1.19. The van der Waals surface area contributed by atoms with Crippen LogP contribution in [0.3, 0.4) is 0 Å². The van der Waals surface area contributed by atoms with Gasteiger partial charge in [-0.15, -0.1) is 0 Å². The van der Waals surface area contributed by atoms with E-state index in [0.29, 0.717) is 6.42 Å². The molecule has 4 nitrogen and oxygen atoms in total. The second-order valence-electron chi connectivity index (χ2n) is 4.76. The zero-order chi connectivity index (χ0) is 12.9. The number of Topliss-reactive ketones (excluding diaryl/α,β-unsaturated/α-hetero) is 1. The number of hydrogen-bond donors (Lipinski definition) is 1. The van der Waals surface area contributed by atoms with E-state index in [-0.39, 0.29) is 17.9 Å². The number of hydrogen-bond acceptors (Lipinski definition) is 4. The fraction of sp³-hybridized carbons (Fsp3) is 0.692. The molecule has 0 aliphatic carbocycles. The fourth-order valence-corrected chi connectivity index (χ4v) is 1.74. The van der Waals surface area contributed by atoms with Crippen molar-refractivity contribution in [1.82, 2.24) is 0 Å². The Hall–Kier alpha value is -1.16. The van der Waals surface area contributed by atoms with Crippen LogP contribution in [-0.2, 0) is 14.3 Å². The van der Waals surface area contributed by atoms with E-state index in [4.69, 9.17) is 4.74 Å². The van der Waals surface area contributed by atoms with Gasteiger partial charge in [0, 0.05) is 6.08 Å². The number of esters is 1. The third-order valence-corrected chi connectivity index (χ3v) is 3.13. The van der Waals surface area contributed by atoms with Gasteiger partial charge in [-0.05, 0) is 39.2 Å². The summed E-state index contributed by atoms with van der Waals surface area (Å²) >= 11 is 0. The Kier molecular flexibility index (Phi) is 4.87. The van der Waals surface area contributed by atoms with Crippen molar-refractivity contribution >= 4 is 11.8 Å².